The number of hydrogen-bond acceptors (Lipinski definition) is 3. The highest BCUT2D eigenvalue weighted by molar-refractivity contribution is 6.00. The lowest BCUT2D eigenvalue weighted by Gasteiger charge is -2.32. The van der Waals surface area contributed by atoms with E-state index in [1.54, 1.807) is 0 Å². The van der Waals surface area contributed by atoms with Gasteiger partial charge in [0.15, 0.2) is 0 Å². The molecule has 3 rings (SSSR count). The van der Waals surface area contributed by atoms with E-state index in [2.05, 4.69) is 6.07 Å². The number of aromatic carboxylic acids is 1. The summed E-state index contributed by atoms with van der Waals surface area (Å²) in [5.41, 5.74) is 8.03. The molecule has 0 fully saturated rings. The minimum atomic E-state index is -1.21. The van der Waals surface area contributed by atoms with E-state index in [1.807, 2.05) is 23.1 Å². The first-order chi connectivity index (χ1) is 10.1. The topological polar surface area (TPSA) is 66.6 Å². The van der Waals surface area contributed by atoms with Crippen LogP contribution in [0.25, 0.3) is 0 Å². The van der Waals surface area contributed by atoms with E-state index in [0.717, 1.165) is 12.0 Å². The summed E-state index contributed by atoms with van der Waals surface area (Å²) in [7, 11) is 0. The molecule has 108 valence electrons. The predicted molar refractivity (Wildman–Crippen MR) is 79.0 cm³/mol. The standard InChI is InChI=1S/C16H15FN2O2/c17-12-5-6-13(14(15(12)18)16(20)21)19-8-7-10-3-1-2-4-11(10)9-19/h1-6H,7-9,18H2,(H,20,21). The molecule has 1 aliphatic rings. The fraction of sp³-hybridized carbons (Fsp3) is 0.188. The third-order valence-corrected chi connectivity index (χ3v) is 3.86. The van der Waals surface area contributed by atoms with Gasteiger partial charge in [-0.25, -0.2) is 9.18 Å². The van der Waals surface area contributed by atoms with Gasteiger partial charge in [-0.15, -0.1) is 0 Å². The van der Waals surface area contributed by atoms with Gasteiger partial charge in [0, 0.05) is 13.1 Å². The maximum absolute atomic E-state index is 13.5. The van der Waals surface area contributed by atoms with Crippen molar-refractivity contribution in [3.63, 3.8) is 0 Å². The minimum Gasteiger partial charge on any atom is -0.478 e. The van der Waals surface area contributed by atoms with Gasteiger partial charge in [0.1, 0.15) is 11.4 Å². The molecular formula is C16H15FN2O2. The number of carboxylic acids is 1. The van der Waals surface area contributed by atoms with E-state index in [1.165, 1.54) is 17.7 Å². The van der Waals surface area contributed by atoms with Crippen molar-refractivity contribution in [2.45, 2.75) is 13.0 Å². The van der Waals surface area contributed by atoms with E-state index in [9.17, 15) is 14.3 Å². The summed E-state index contributed by atoms with van der Waals surface area (Å²) in [6, 6.07) is 10.8. The highest BCUT2D eigenvalue weighted by Crippen LogP contribution is 2.31. The van der Waals surface area contributed by atoms with Gasteiger partial charge in [0.25, 0.3) is 0 Å². The van der Waals surface area contributed by atoms with Crippen molar-refractivity contribution in [1.82, 2.24) is 0 Å². The Morgan fingerprint density at radius 3 is 2.62 bits per heavy atom. The molecule has 0 saturated heterocycles. The lowest BCUT2D eigenvalue weighted by Crippen LogP contribution is -2.31. The fourth-order valence-electron chi connectivity index (χ4n) is 2.77. The van der Waals surface area contributed by atoms with Crippen LogP contribution in [0.15, 0.2) is 36.4 Å². The first-order valence-corrected chi connectivity index (χ1v) is 6.71. The van der Waals surface area contributed by atoms with E-state index in [-0.39, 0.29) is 11.3 Å². The number of benzene rings is 2. The Morgan fingerprint density at radius 1 is 1.19 bits per heavy atom. The normalized spacial score (nSPS) is 13.9. The van der Waals surface area contributed by atoms with Crippen molar-refractivity contribution in [2.24, 2.45) is 0 Å². The lowest BCUT2D eigenvalue weighted by molar-refractivity contribution is 0.0698. The predicted octanol–water partition coefficient (Wildman–Crippen LogP) is 2.67. The van der Waals surface area contributed by atoms with Gasteiger partial charge >= 0.3 is 5.97 Å². The molecule has 0 amide bonds. The molecule has 0 radical (unpaired) electrons. The number of carbonyl (C=O) groups is 1. The first-order valence-electron chi connectivity index (χ1n) is 6.71. The van der Waals surface area contributed by atoms with Crippen LogP contribution in [-0.4, -0.2) is 17.6 Å². The number of nitrogens with two attached hydrogens (primary N) is 1. The molecule has 0 spiro atoms. The summed E-state index contributed by atoms with van der Waals surface area (Å²) in [4.78, 5) is 13.3. The number of anilines is 2. The second-order valence-corrected chi connectivity index (χ2v) is 5.10. The molecule has 2 aromatic carbocycles. The Morgan fingerprint density at radius 2 is 1.90 bits per heavy atom. The molecule has 0 atom stereocenters. The van der Waals surface area contributed by atoms with Crippen molar-refractivity contribution >= 4 is 17.3 Å². The van der Waals surface area contributed by atoms with Crippen LogP contribution in [-0.2, 0) is 13.0 Å². The summed E-state index contributed by atoms with van der Waals surface area (Å²) in [6.45, 7) is 1.28. The molecule has 4 nitrogen and oxygen atoms in total. The number of halogens is 1. The van der Waals surface area contributed by atoms with Crippen LogP contribution in [0, 0.1) is 5.82 Å². The Kier molecular flexibility index (Phi) is 3.25. The molecule has 0 unspecified atom stereocenters. The summed E-state index contributed by atoms with van der Waals surface area (Å²) in [5, 5.41) is 9.32. The van der Waals surface area contributed by atoms with Crippen molar-refractivity contribution in [2.75, 3.05) is 17.2 Å². The highest BCUT2D eigenvalue weighted by Gasteiger charge is 2.24. The summed E-state index contributed by atoms with van der Waals surface area (Å²) >= 11 is 0. The van der Waals surface area contributed by atoms with Gasteiger partial charge in [-0.2, -0.15) is 0 Å². The second-order valence-electron chi connectivity index (χ2n) is 5.10. The van der Waals surface area contributed by atoms with Gasteiger partial charge in [-0.05, 0) is 29.7 Å². The van der Waals surface area contributed by atoms with Crippen LogP contribution >= 0.6 is 0 Å². The van der Waals surface area contributed by atoms with E-state index in [4.69, 9.17) is 5.73 Å². The van der Waals surface area contributed by atoms with E-state index in [0.29, 0.717) is 18.8 Å². The van der Waals surface area contributed by atoms with Crippen molar-refractivity contribution in [3.8, 4) is 0 Å². The molecule has 2 aromatic rings. The van der Waals surface area contributed by atoms with E-state index >= 15 is 0 Å². The molecular weight excluding hydrogens is 271 g/mol. The third kappa shape index (κ3) is 2.31. The van der Waals surface area contributed by atoms with Crippen LogP contribution < -0.4 is 10.6 Å². The monoisotopic (exact) mass is 286 g/mol. The van der Waals surface area contributed by atoms with Crippen LogP contribution in [0.2, 0.25) is 0 Å². The highest BCUT2D eigenvalue weighted by atomic mass is 19.1. The summed E-state index contributed by atoms with van der Waals surface area (Å²) in [6.07, 6.45) is 0.826. The van der Waals surface area contributed by atoms with Gasteiger partial charge < -0.3 is 15.7 Å². The number of fused-ring (bicyclic) bond motifs is 1. The Hall–Kier alpha value is -2.56. The molecule has 3 N–H and O–H groups in total. The van der Waals surface area contributed by atoms with Crippen molar-refractivity contribution in [3.05, 3.63) is 58.9 Å². The molecule has 0 aromatic heterocycles. The molecule has 1 heterocycles. The third-order valence-electron chi connectivity index (χ3n) is 3.86. The number of carboxylic acid groups (broad SMARTS) is 1. The second kappa shape index (κ2) is 5.09. The summed E-state index contributed by atoms with van der Waals surface area (Å²) in [5.74, 6) is -1.91. The molecule has 0 saturated carbocycles. The fourth-order valence-corrected chi connectivity index (χ4v) is 2.77. The number of nitrogens with zero attached hydrogens (tertiary/aromatic N) is 1. The molecule has 21 heavy (non-hydrogen) atoms. The van der Waals surface area contributed by atoms with Gasteiger partial charge in [0.05, 0.1) is 11.4 Å². The zero-order valence-corrected chi connectivity index (χ0v) is 11.3. The van der Waals surface area contributed by atoms with Gasteiger partial charge in [-0.3, -0.25) is 0 Å². The zero-order valence-electron chi connectivity index (χ0n) is 11.3. The maximum atomic E-state index is 13.5. The van der Waals surface area contributed by atoms with Gasteiger partial charge in [-0.1, -0.05) is 24.3 Å². The van der Waals surface area contributed by atoms with Gasteiger partial charge in [0.2, 0.25) is 0 Å². The average Bonchev–Trinajstić information content (AvgIpc) is 2.49. The quantitative estimate of drug-likeness (QED) is 0.833. The molecule has 5 heteroatoms. The minimum absolute atomic E-state index is 0.158. The first kappa shape index (κ1) is 13.4. The van der Waals surface area contributed by atoms with Crippen LogP contribution in [0.1, 0.15) is 21.5 Å². The number of rotatable bonds is 2. The Labute approximate surface area is 121 Å². The zero-order chi connectivity index (χ0) is 15.0. The number of nitrogen functional groups attached to an aromatic ring is 1. The van der Waals surface area contributed by atoms with Crippen molar-refractivity contribution < 1.29 is 14.3 Å². The Bertz CT molecular complexity index is 715. The largest absolute Gasteiger partial charge is 0.478 e. The molecule has 0 bridgehead atoms. The molecule has 1 aliphatic heterocycles. The number of hydrogen-bond donors (Lipinski definition) is 2. The maximum Gasteiger partial charge on any atom is 0.340 e. The van der Waals surface area contributed by atoms with Crippen molar-refractivity contribution in [1.29, 1.82) is 0 Å². The summed E-state index contributed by atoms with van der Waals surface area (Å²) < 4.78 is 13.5. The Balaban J connectivity index is 2.03. The smallest absolute Gasteiger partial charge is 0.340 e. The van der Waals surface area contributed by atoms with Crippen LogP contribution in [0.3, 0.4) is 0 Å². The van der Waals surface area contributed by atoms with E-state index < -0.39 is 11.8 Å². The average molecular weight is 286 g/mol. The van der Waals surface area contributed by atoms with Crippen LogP contribution in [0.4, 0.5) is 15.8 Å². The molecule has 0 aliphatic carbocycles. The van der Waals surface area contributed by atoms with Crippen LogP contribution in [0.5, 0.6) is 0 Å². The lowest BCUT2D eigenvalue weighted by atomic mass is 9.98. The SMILES string of the molecule is Nc1c(F)ccc(N2CCc3ccccc3C2)c1C(=O)O.